The van der Waals surface area contributed by atoms with Gasteiger partial charge in [-0.3, -0.25) is 4.57 Å². The lowest BCUT2D eigenvalue weighted by Crippen LogP contribution is -2.45. The van der Waals surface area contributed by atoms with Crippen molar-refractivity contribution in [2.75, 3.05) is 33.7 Å². The van der Waals surface area contributed by atoms with Gasteiger partial charge < -0.3 is 18.7 Å². The van der Waals surface area contributed by atoms with Crippen LogP contribution >= 0.6 is 7.37 Å². The zero-order chi connectivity index (χ0) is 12.0. The first-order valence-corrected chi connectivity index (χ1v) is 7.92. The number of ether oxygens (including phenoxy) is 3. The van der Waals surface area contributed by atoms with Crippen LogP contribution < -0.4 is 0 Å². The standard InChI is InChI=1S/C9H18BO5P/c1-12-4-9-5-13-6(8(10)14-9)7(9)15-16(2,3)11/h6-8H,4-5,10H2,1-3H3/t6-,7?,8+,9+/m0/s1. The van der Waals surface area contributed by atoms with Crippen LogP contribution in [0.2, 0.25) is 0 Å². The molecule has 2 aliphatic heterocycles. The Hall–Kier alpha value is 0.135. The van der Waals surface area contributed by atoms with Crippen molar-refractivity contribution >= 4 is 15.2 Å². The Morgan fingerprint density at radius 2 is 2.25 bits per heavy atom. The summed E-state index contributed by atoms with van der Waals surface area (Å²) in [6.45, 7) is 4.06. The van der Waals surface area contributed by atoms with Crippen LogP contribution in [0.4, 0.5) is 0 Å². The molecule has 2 heterocycles. The van der Waals surface area contributed by atoms with E-state index in [0.717, 1.165) is 0 Å². The van der Waals surface area contributed by atoms with Crippen LogP contribution in [0.25, 0.3) is 0 Å². The van der Waals surface area contributed by atoms with E-state index in [-0.39, 0.29) is 18.2 Å². The summed E-state index contributed by atoms with van der Waals surface area (Å²) < 4.78 is 34.0. The van der Waals surface area contributed by atoms with Crippen LogP contribution in [0.15, 0.2) is 0 Å². The molecular weight excluding hydrogens is 230 g/mol. The van der Waals surface area contributed by atoms with Gasteiger partial charge in [0.25, 0.3) is 0 Å². The predicted molar refractivity (Wildman–Crippen MR) is 62.1 cm³/mol. The van der Waals surface area contributed by atoms with Gasteiger partial charge in [-0.1, -0.05) is 0 Å². The van der Waals surface area contributed by atoms with Crippen LogP contribution in [0, 0.1) is 0 Å². The van der Waals surface area contributed by atoms with Gasteiger partial charge >= 0.3 is 0 Å². The van der Waals surface area contributed by atoms with Crippen molar-refractivity contribution < 1.29 is 23.3 Å². The molecule has 2 fully saturated rings. The van der Waals surface area contributed by atoms with Gasteiger partial charge in [0.2, 0.25) is 0 Å². The first kappa shape index (κ1) is 12.6. The SMILES string of the molecule is B[C@@H]1O[C@]2(COC)CO[C@H]1C2OP(C)(C)=O. The molecule has 0 spiro atoms. The van der Waals surface area contributed by atoms with E-state index in [0.29, 0.717) is 13.2 Å². The maximum atomic E-state index is 11.8. The second-order valence-electron chi connectivity index (χ2n) is 4.87. The molecule has 2 bridgehead atoms. The number of rotatable bonds is 4. The minimum absolute atomic E-state index is 0.0413. The maximum Gasteiger partial charge on any atom is 0.197 e. The molecule has 0 aromatic carbocycles. The highest BCUT2D eigenvalue weighted by molar-refractivity contribution is 7.57. The lowest BCUT2D eigenvalue weighted by Gasteiger charge is -2.30. The second-order valence-corrected chi connectivity index (χ2v) is 7.59. The van der Waals surface area contributed by atoms with Crippen LogP contribution in [-0.4, -0.2) is 65.3 Å². The van der Waals surface area contributed by atoms with Gasteiger partial charge in [0.05, 0.1) is 19.2 Å². The lowest BCUT2D eigenvalue weighted by atomic mass is 9.92. The van der Waals surface area contributed by atoms with E-state index < -0.39 is 13.0 Å². The average Bonchev–Trinajstić information content (AvgIpc) is 2.54. The molecule has 0 amide bonds. The molecule has 2 aliphatic rings. The number of methoxy groups -OCH3 is 1. The average molecular weight is 248 g/mol. The second kappa shape index (κ2) is 4.11. The molecule has 4 atom stereocenters. The third-order valence-corrected chi connectivity index (χ3v) is 3.71. The molecule has 2 rings (SSSR count). The van der Waals surface area contributed by atoms with Gasteiger partial charge in [-0.25, -0.2) is 0 Å². The highest BCUT2D eigenvalue weighted by Crippen LogP contribution is 2.49. The van der Waals surface area contributed by atoms with Crippen LogP contribution in [0.3, 0.4) is 0 Å². The highest BCUT2D eigenvalue weighted by atomic mass is 31.2. The summed E-state index contributed by atoms with van der Waals surface area (Å²) in [7, 11) is 0.994. The van der Waals surface area contributed by atoms with Crippen molar-refractivity contribution in [1.82, 2.24) is 0 Å². The topological polar surface area (TPSA) is 54.0 Å². The zero-order valence-corrected chi connectivity index (χ0v) is 11.0. The molecule has 0 saturated carbocycles. The maximum absolute atomic E-state index is 11.8. The molecular formula is C9H18BO5P. The quantitative estimate of drug-likeness (QED) is 0.504. The summed E-state index contributed by atoms with van der Waals surface area (Å²) in [4.78, 5) is 0. The molecule has 0 radical (unpaired) electrons. The van der Waals surface area contributed by atoms with Crippen LogP contribution in [0.1, 0.15) is 0 Å². The number of hydrogen-bond donors (Lipinski definition) is 0. The van der Waals surface area contributed by atoms with Gasteiger partial charge in [-0.05, 0) is 0 Å². The van der Waals surface area contributed by atoms with Crippen LogP contribution in [-0.2, 0) is 23.3 Å². The summed E-state index contributed by atoms with van der Waals surface area (Å²) in [6, 6.07) is -0.0413. The van der Waals surface area contributed by atoms with Crippen molar-refractivity contribution in [3.63, 3.8) is 0 Å². The Kier molecular flexibility index (Phi) is 3.23. The zero-order valence-electron chi connectivity index (χ0n) is 10.1. The Morgan fingerprint density at radius 3 is 2.75 bits per heavy atom. The molecule has 0 aromatic rings. The third-order valence-electron chi connectivity index (χ3n) is 2.98. The summed E-state index contributed by atoms with van der Waals surface area (Å²) in [5.41, 5.74) is -0.583. The van der Waals surface area contributed by atoms with E-state index in [2.05, 4.69) is 0 Å². The van der Waals surface area contributed by atoms with Gasteiger partial charge in [0, 0.05) is 20.4 Å². The van der Waals surface area contributed by atoms with Gasteiger partial charge in [-0.15, -0.1) is 0 Å². The normalized spacial score (nSPS) is 42.8. The van der Waals surface area contributed by atoms with Crippen molar-refractivity contribution in [1.29, 1.82) is 0 Å². The number of fused-ring (bicyclic) bond motifs is 2. The molecule has 0 aliphatic carbocycles. The van der Waals surface area contributed by atoms with E-state index in [1.165, 1.54) is 0 Å². The van der Waals surface area contributed by atoms with Crippen molar-refractivity contribution in [3.8, 4) is 0 Å². The molecule has 92 valence electrons. The van der Waals surface area contributed by atoms with Crippen LogP contribution in [0.5, 0.6) is 0 Å². The first-order chi connectivity index (χ1) is 7.38. The number of hydrogen-bond acceptors (Lipinski definition) is 5. The lowest BCUT2D eigenvalue weighted by molar-refractivity contribution is -0.140. The minimum Gasteiger partial charge on any atom is -0.381 e. The Balaban J connectivity index is 2.19. The van der Waals surface area contributed by atoms with E-state index in [1.54, 1.807) is 20.4 Å². The molecule has 0 aromatic heterocycles. The van der Waals surface area contributed by atoms with Crippen molar-refractivity contribution in [2.24, 2.45) is 0 Å². The van der Waals surface area contributed by atoms with E-state index in [4.69, 9.17) is 18.7 Å². The minimum atomic E-state index is -2.56. The fraction of sp³-hybridized carbons (Fsp3) is 1.00. The van der Waals surface area contributed by atoms with E-state index >= 15 is 0 Å². The highest BCUT2D eigenvalue weighted by Gasteiger charge is 2.61. The Morgan fingerprint density at radius 1 is 1.56 bits per heavy atom. The van der Waals surface area contributed by atoms with Crippen molar-refractivity contribution in [3.05, 3.63) is 0 Å². The summed E-state index contributed by atoms with van der Waals surface area (Å²) in [6.07, 6.45) is -0.424. The van der Waals surface area contributed by atoms with Crippen molar-refractivity contribution in [2.45, 2.75) is 23.8 Å². The van der Waals surface area contributed by atoms with Gasteiger partial charge in [0.1, 0.15) is 25.7 Å². The molecule has 7 heteroatoms. The first-order valence-electron chi connectivity index (χ1n) is 5.40. The van der Waals surface area contributed by atoms with E-state index in [1.807, 2.05) is 7.85 Å². The summed E-state index contributed by atoms with van der Waals surface area (Å²) in [5.74, 6) is 0. The molecule has 1 unspecified atom stereocenters. The largest absolute Gasteiger partial charge is 0.381 e. The molecule has 16 heavy (non-hydrogen) atoms. The van der Waals surface area contributed by atoms with E-state index in [9.17, 15) is 4.57 Å². The summed E-state index contributed by atoms with van der Waals surface area (Å²) in [5, 5.41) is 0. The molecule has 0 N–H and O–H groups in total. The fourth-order valence-electron chi connectivity index (χ4n) is 2.46. The summed E-state index contributed by atoms with van der Waals surface area (Å²) >= 11 is 0. The van der Waals surface area contributed by atoms with Gasteiger partial charge in [-0.2, -0.15) is 0 Å². The third kappa shape index (κ3) is 2.09. The Bertz CT molecular complexity index is 319. The smallest absolute Gasteiger partial charge is 0.197 e. The fourth-order valence-corrected chi connectivity index (χ4v) is 3.32. The predicted octanol–water partition coefficient (Wildman–Crippen LogP) is -0.317. The molecule has 5 nitrogen and oxygen atoms in total. The Labute approximate surface area is 96.6 Å². The molecule has 2 saturated heterocycles. The monoisotopic (exact) mass is 248 g/mol. The van der Waals surface area contributed by atoms with Gasteiger partial charge in [0.15, 0.2) is 7.37 Å².